The quantitative estimate of drug-likeness (QED) is 0.702. The molecule has 11 heavy (non-hydrogen) atoms. The Morgan fingerprint density at radius 3 is 2.82 bits per heavy atom. The highest BCUT2D eigenvalue weighted by atomic mass is 16.4. The lowest BCUT2D eigenvalue weighted by molar-refractivity contribution is 0.243. The normalized spacial score (nSPS) is 28.9. The number of hydrogen-bond donors (Lipinski definition) is 1. The summed E-state index contributed by atoms with van der Waals surface area (Å²) in [7, 11) is 0. The molecule has 1 aromatic rings. The molecule has 0 saturated heterocycles. The fraction of sp³-hybridized carbons (Fsp3) is 0.556. The average molecular weight is 152 g/mol. The van der Waals surface area contributed by atoms with E-state index in [0.717, 1.165) is 11.7 Å². The molecule has 1 N–H and O–H groups in total. The lowest BCUT2D eigenvalue weighted by Crippen LogP contribution is -1.76. The van der Waals surface area contributed by atoms with Crippen LogP contribution in [0.3, 0.4) is 0 Å². The van der Waals surface area contributed by atoms with Crippen LogP contribution in [0.15, 0.2) is 16.5 Å². The Hall–Kier alpha value is -0.760. The summed E-state index contributed by atoms with van der Waals surface area (Å²) in [5.74, 6) is 3.11. The Kier molecular flexibility index (Phi) is 1.50. The zero-order valence-corrected chi connectivity index (χ0v) is 6.58. The first-order chi connectivity index (χ1) is 5.31. The number of furan rings is 1. The van der Waals surface area contributed by atoms with Gasteiger partial charge in [0.25, 0.3) is 0 Å². The summed E-state index contributed by atoms with van der Waals surface area (Å²) in [6, 6.07) is 3.82. The van der Waals surface area contributed by atoms with Gasteiger partial charge >= 0.3 is 0 Å². The first-order valence-corrected chi connectivity index (χ1v) is 4.00. The van der Waals surface area contributed by atoms with Crippen LogP contribution in [0, 0.1) is 5.92 Å². The van der Waals surface area contributed by atoms with Crippen molar-refractivity contribution in [1.82, 2.24) is 0 Å². The van der Waals surface area contributed by atoms with Gasteiger partial charge in [-0.3, -0.25) is 0 Å². The summed E-state index contributed by atoms with van der Waals surface area (Å²) in [6.07, 6.45) is 1.23. The molecular weight excluding hydrogens is 140 g/mol. The molecule has 0 aromatic carbocycles. The van der Waals surface area contributed by atoms with Gasteiger partial charge in [-0.15, -0.1) is 0 Å². The molecule has 0 aliphatic heterocycles. The van der Waals surface area contributed by atoms with Gasteiger partial charge in [-0.2, -0.15) is 0 Å². The molecule has 2 unspecified atom stereocenters. The van der Waals surface area contributed by atoms with E-state index >= 15 is 0 Å². The predicted molar refractivity (Wildman–Crippen MR) is 41.2 cm³/mol. The molecule has 1 fully saturated rings. The molecule has 1 saturated carbocycles. The Labute approximate surface area is 65.8 Å². The highest BCUT2D eigenvalue weighted by Gasteiger charge is 2.36. The largest absolute Gasteiger partial charge is 0.463 e. The number of aliphatic hydroxyl groups excluding tert-OH is 1. The maximum Gasteiger partial charge on any atom is 0.129 e. The zero-order chi connectivity index (χ0) is 7.84. The van der Waals surface area contributed by atoms with Crippen molar-refractivity contribution in [3.63, 3.8) is 0 Å². The molecule has 2 atom stereocenters. The molecule has 60 valence electrons. The van der Waals surface area contributed by atoms with Crippen molar-refractivity contribution in [3.05, 3.63) is 23.7 Å². The molecule has 1 heterocycles. The molecule has 0 bridgehead atoms. The van der Waals surface area contributed by atoms with E-state index in [2.05, 4.69) is 6.92 Å². The van der Waals surface area contributed by atoms with Crippen molar-refractivity contribution >= 4 is 0 Å². The lowest BCUT2D eigenvalue weighted by Gasteiger charge is -1.90. The predicted octanol–water partition coefficient (Wildman–Crippen LogP) is 1.90. The molecule has 2 heteroatoms. The van der Waals surface area contributed by atoms with Crippen molar-refractivity contribution in [2.75, 3.05) is 0 Å². The van der Waals surface area contributed by atoms with Crippen LogP contribution in [0.25, 0.3) is 0 Å². The minimum absolute atomic E-state index is 0.0150. The van der Waals surface area contributed by atoms with Crippen molar-refractivity contribution in [2.24, 2.45) is 5.92 Å². The summed E-state index contributed by atoms with van der Waals surface area (Å²) in [5, 5.41) is 8.73. The highest BCUT2D eigenvalue weighted by Crippen LogP contribution is 2.47. The van der Waals surface area contributed by atoms with Crippen LogP contribution >= 0.6 is 0 Å². The Balaban J connectivity index is 2.13. The van der Waals surface area contributed by atoms with Crippen LogP contribution in [-0.2, 0) is 6.61 Å². The van der Waals surface area contributed by atoms with E-state index in [1.807, 2.05) is 12.1 Å². The van der Waals surface area contributed by atoms with Gasteiger partial charge in [0.1, 0.15) is 18.1 Å². The summed E-state index contributed by atoms with van der Waals surface area (Å²) in [4.78, 5) is 0. The van der Waals surface area contributed by atoms with Crippen LogP contribution in [0.4, 0.5) is 0 Å². The van der Waals surface area contributed by atoms with E-state index in [0.29, 0.717) is 11.7 Å². The SMILES string of the molecule is CC1CC1c1ccc(CO)o1. The van der Waals surface area contributed by atoms with E-state index in [1.165, 1.54) is 6.42 Å². The summed E-state index contributed by atoms with van der Waals surface area (Å²) < 4.78 is 5.38. The van der Waals surface area contributed by atoms with Crippen molar-refractivity contribution in [2.45, 2.75) is 25.9 Å². The summed E-state index contributed by atoms with van der Waals surface area (Å²) in [5.41, 5.74) is 0. The zero-order valence-electron chi connectivity index (χ0n) is 6.58. The number of aliphatic hydroxyl groups is 1. The number of hydrogen-bond acceptors (Lipinski definition) is 2. The average Bonchev–Trinajstić information content (AvgIpc) is 2.59. The van der Waals surface area contributed by atoms with Crippen LogP contribution in [0.2, 0.25) is 0 Å². The fourth-order valence-corrected chi connectivity index (χ4v) is 1.40. The van der Waals surface area contributed by atoms with E-state index in [9.17, 15) is 0 Å². The monoisotopic (exact) mass is 152 g/mol. The smallest absolute Gasteiger partial charge is 0.129 e. The van der Waals surface area contributed by atoms with E-state index in [-0.39, 0.29) is 6.61 Å². The Morgan fingerprint density at radius 2 is 2.36 bits per heavy atom. The molecule has 2 nitrogen and oxygen atoms in total. The summed E-state index contributed by atoms with van der Waals surface area (Å²) in [6.45, 7) is 2.23. The van der Waals surface area contributed by atoms with Crippen molar-refractivity contribution in [1.29, 1.82) is 0 Å². The van der Waals surface area contributed by atoms with Gasteiger partial charge in [-0.1, -0.05) is 6.92 Å². The van der Waals surface area contributed by atoms with Crippen LogP contribution in [-0.4, -0.2) is 5.11 Å². The molecule has 2 rings (SSSR count). The second kappa shape index (κ2) is 2.38. The first kappa shape index (κ1) is 6.92. The number of rotatable bonds is 2. The standard InChI is InChI=1S/C9H12O2/c1-6-4-8(6)9-3-2-7(5-10)11-9/h2-3,6,8,10H,4-5H2,1H3. The van der Waals surface area contributed by atoms with E-state index in [4.69, 9.17) is 9.52 Å². The molecule has 0 radical (unpaired) electrons. The van der Waals surface area contributed by atoms with Gasteiger partial charge in [0.2, 0.25) is 0 Å². The third kappa shape index (κ3) is 1.18. The molecule has 0 spiro atoms. The molecule has 1 aliphatic rings. The van der Waals surface area contributed by atoms with Crippen LogP contribution < -0.4 is 0 Å². The lowest BCUT2D eigenvalue weighted by atomic mass is 10.3. The fourth-order valence-electron chi connectivity index (χ4n) is 1.40. The third-order valence-electron chi connectivity index (χ3n) is 2.31. The topological polar surface area (TPSA) is 33.4 Å². The highest BCUT2D eigenvalue weighted by molar-refractivity contribution is 5.17. The second-order valence-corrected chi connectivity index (χ2v) is 3.28. The molecule has 1 aromatic heterocycles. The van der Waals surface area contributed by atoms with Crippen molar-refractivity contribution in [3.8, 4) is 0 Å². The maximum atomic E-state index is 8.73. The van der Waals surface area contributed by atoms with Gasteiger partial charge in [0.05, 0.1) is 0 Å². The second-order valence-electron chi connectivity index (χ2n) is 3.28. The van der Waals surface area contributed by atoms with E-state index < -0.39 is 0 Å². The first-order valence-electron chi connectivity index (χ1n) is 4.00. The third-order valence-corrected chi connectivity index (χ3v) is 2.31. The van der Waals surface area contributed by atoms with Crippen LogP contribution in [0.5, 0.6) is 0 Å². The van der Waals surface area contributed by atoms with Gasteiger partial charge in [-0.25, -0.2) is 0 Å². The molecular formula is C9H12O2. The van der Waals surface area contributed by atoms with Crippen molar-refractivity contribution < 1.29 is 9.52 Å². The minimum atomic E-state index is 0.0150. The minimum Gasteiger partial charge on any atom is -0.463 e. The van der Waals surface area contributed by atoms with Gasteiger partial charge in [-0.05, 0) is 24.5 Å². The van der Waals surface area contributed by atoms with Gasteiger partial charge in [0.15, 0.2) is 0 Å². The molecule has 0 amide bonds. The Morgan fingerprint density at radius 1 is 1.64 bits per heavy atom. The maximum absolute atomic E-state index is 8.73. The molecule has 1 aliphatic carbocycles. The van der Waals surface area contributed by atoms with Crippen LogP contribution in [0.1, 0.15) is 30.8 Å². The van der Waals surface area contributed by atoms with E-state index in [1.54, 1.807) is 0 Å². The summed E-state index contributed by atoms with van der Waals surface area (Å²) >= 11 is 0. The van der Waals surface area contributed by atoms with Gasteiger partial charge in [0, 0.05) is 5.92 Å². The van der Waals surface area contributed by atoms with Gasteiger partial charge < -0.3 is 9.52 Å². The Bertz CT molecular complexity index is 252.